The molecule has 404 valence electrons. The number of hydrogen-bond acceptors (Lipinski definition) is 12. The summed E-state index contributed by atoms with van der Waals surface area (Å²) in [5, 5.41) is 41.4. The highest BCUT2D eigenvalue weighted by Crippen LogP contribution is 2.62. The fourth-order valence-electron chi connectivity index (χ4n) is 11.6. The fraction of sp³-hybridized carbons (Fsp3) is 0.517. The molecule has 4 aromatic rings. The molecule has 2 amide bonds. The molecule has 0 radical (unpaired) electrons. The summed E-state index contributed by atoms with van der Waals surface area (Å²) in [4.78, 5) is 47.0. The highest BCUT2D eigenvalue weighted by atomic mass is 16.7. The number of non-ortho nitro benzene ring substituents is 1. The average Bonchev–Trinajstić information content (AvgIpc) is 3.42. The van der Waals surface area contributed by atoms with Gasteiger partial charge in [-0.25, -0.2) is 9.59 Å². The number of benzene rings is 4. The predicted molar refractivity (Wildman–Crippen MR) is 291 cm³/mol. The number of aliphatic hydroxyl groups is 2. The molecule has 1 saturated carbocycles. The van der Waals surface area contributed by atoms with E-state index in [-0.39, 0.29) is 62.8 Å². The minimum absolute atomic E-state index is 0.00731. The number of nitro groups is 1. The van der Waals surface area contributed by atoms with Crippen LogP contribution in [0.25, 0.3) is 10.8 Å². The quantitative estimate of drug-likeness (QED) is 0.0195. The second-order valence-corrected chi connectivity index (χ2v) is 20.2. The van der Waals surface area contributed by atoms with Crippen LogP contribution in [0.3, 0.4) is 0 Å². The summed E-state index contributed by atoms with van der Waals surface area (Å²) < 4.78 is 26.2. The molecule has 0 saturated heterocycles. The van der Waals surface area contributed by atoms with Crippen molar-refractivity contribution in [3.8, 4) is 11.5 Å². The topological polar surface area (TPSA) is 192 Å². The number of hydrogen-bond donors (Lipinski definition) is 3. The number of aliphatic hydroxyl groups excluding tert-OH is 2. The minimum Gasteiger partial charge on any atom is -0.459 e. The van der Waals surface area contributed by atoms with E-state index in [1.807, 2.05) is 54.6 Å². The Morgan fingerprint density at radius 2 is 1.60 bits per heavy atom. The smallest absolute Gasteiger partial charge is 0.412 e. The molecule has 15 nitrogen and oxygen atoms in total. The van der Waals surface area contributed by atoms with E-state index in [9.17, 15) is 29.9 Å². The summed E-state index contributed by atoms with van der Waals surface area (Å²) in [7, 11) is 1.36. The summed E-state index contributed by atoms with van der Waals surface area (Å²) >= 11 is 0. The second-order valence-electron chi connectivity index (χ2n) is 20.2. The lowest BCUT2D eigenvalue weighted by molar-refractivity contribution is -0.384. The average molecular weight is 1030 g/mol. The van der Waals surface area contributed by atoms with Gasteiger partial charge in [0.05, 0.1) is 36.8 Å². The number of carbonyl (C=O) groups excluding carboxylic acids is 2. The van der Waals surface area contributed by atoms with E-state index in [0.29, 0.717) is 48.6 Å². The largest absolute Gasteiger partial charge is 0.459 e. The van der Waals surface area contributed by atoms with Crippen LogP contribution < -0.4 is 14.8 Å². The molecule has 6 unspecified atom stereocenters. The van der Waals surface area contributed by atoms with Crippen LogP contribution in [0.2, 0.25) is 0 Å². The molecule has 0 bridgehead atoms. The maximum Gasteiger partial charge on any atom is 0.412 e. The Bertz CT molecular complexity index is 2560. The first-order chi connectivity index (χ1) is 36.7. The van der Waals surface area contributed by atoms with Gasteiger partial charge in [-0.2, -0.15) is 0 Å². The number of carbonyl (C=O) groups is 2. The third-order valence-corrected chi connectivity index (χ3v) is 15.2. The van der Waals surface area contributed by atoms with Crippen molar-refractivity contribution in [1.82, 2.24) is 10.2 Å². The van der Waals surface area contributed by atoms with Crippen molar-refractivity contribution in [3.63, 3.8) is 0 Å². The number of ether oxygens (including phenoxy) is 4. The predicted octanol–water partition coefficient (Wildman–Crippen LogP) is 12.9. The number of nitrogens with one attached hydrogen (secondary N) is 1. The highest BCUT2D eigenvalue weighted by Gasteiger charge is 2.65. The summed E-state index contributed by atoms with van der Waals surface area (Å²) in [5.74, 6) is -1.87. The van der Waals surface area contributed by atoms with Crippen molar-refractivity contribution in [2.45, 2.75) is 147 Å². The molecular formula is C60H78N4O11. The third-order valence-electron chi connectivity index (χ3n) is 15.2. The normalized spacial score (nSPS) is 21.0. The summed E-state index contributed by atoms with van der Waals surface area (Å²) in [6, 6.07) is 24.7. The second kappa shape index (κ2) is 28.6. The van der Waals surface area contributed by atoms with Gasteiger partial charge >= 0.3 is 12.2 Å². The van der Waals surface area contributed by atoms with Gasteiger partial charge in [-0.1, -0.05) is 137 Å². The first-order valence-corrected chi connectivity index (χ1v) is 27.4. The number of nitro benzene ring substituents is 1. The van der Waals surface area contributed by atoms with Gasteiger partial charge < -0.3 is 39.3 Å². The maximum absolute atomic E-state index is 14.6. The zero-order chi connectivity index (χ0) is 53.0. The van der Waals surface area contributed by atoms with E-state index in [0.717, 1.165) is 66.0 Å². The van der Waals surface area contributed by atoms with Crippen molar-refractivity contribution in [1.29, 1.82) is 0 Å². The van der Waals surface area contributed by atoms with Gasteiger partial charge in [0.25, 0.3) is 5.69 Å². The van der Waals surface area contributed by atoms with Crippen LogP contribution in [0.5, 0.6) is 11.5 Å². The monoisotopic (exact) mass is 1030 g/mol. The Balaban J connectivity index is 1.30. The van der Waals surface area contributed by atoms with Crippen LogP contribution in [0, 0.1) is 27.9 Å². The number of fused-ring (bicyclic) bond motifs is 3. The van der Waals surface area contributed by atoms with Gasteiger partial charge in [0, 0.05) is 49.8 Å². The molecule has 1 aliphatic heterocycles. The number of methoxy groups -OCH3 is 1. The van der Waals surface area contributed by atoms with Gasteiger partial charge in [-0.3, -0.25) is 15.0 Å². The summed E-state index contributed by atoms with van der Waals surface area (Å²) in [6.45, 7) is 7.05. The summed E-state index contributed by atoms with van der Waals surface area (Å²) in [5.41, 5.74) is 3.69. The van der Waals surface area contributed by atoms with E-state index in [4.69, 9.17) is 28.9 Å². The van der Waals surface area contributed by atoms with Crippen LogP contribution in [-0.4, -0.2) is 83.2 Å². The van der Waals surface area contributed by atoms with E-state index in [1.165, 1.54) is 64.2 Å². The molecule has 1 fully saturated rings. The summed E-state index contributed by atoms with van der Waals surface area (Å²) in [6.07, 6.45) is 18.9. The molecule has 75 heavy (non-hydrogen) atoms. The molecule has 6 atom stereocenters. The first kappa shape index (κ1) is 56.4. The van der Waals surface area contributed by atoms with Crippen molar-refractivity contribution >= 4 is 34.4 Å². The Kier molecular flexibility index (Phi) is 21.5. The molecule has 3 aliphatic rings. The Labute approximate surface area is 442 Å². The van der Waals surface area contributed by atoms with Crippen LogP contribution in [0.4, 0.5) is 15.3 Å². The van der Waals surface area contributed by atoms with Crippen LogP contribution in [-0.2, 0) is 27.5 Å². The molecule has 3 N–H and O–H groups in total. The van der Waals surface area contributed by atoms with Crippen LogP contribution in [0.15, 0.2) is 114 Å². The Morgan fingerprint density at radius 3 is 2.31 bits per heavy atom. The fourth-order valence-corrected chi connectivity index (χ4v) is 11.6. The first-order valence-electron chi connectivity index (χ1n) is 27.4. The van der Waals surface area contributed by atoms with Gasteiger partial charge in [-0.05, 0) is 102 Å². The van der Waals surface area contributed by atoms with E-state index in [2.05, 4.69) is 24.9 Å². The maximum atomic E-state index is 14.6. The number of allylic oxidation sites excluding steroid dienone is 1. The highest BCUT2D eigenvalue weighted by molar-refractivity contribution is 6.03. The molecule has 7 rings (SSSR count). The molecule has 4 aromatic carbocycles. The van der Waals surface area contributed by atoms with Gasteiger partial charge in [-0.15, -0.1) is 6.58 Å². The lowest BCUT2D eigenvalue weighted by atomic mass is 9.55. The van der Waals surface area contributed by atoms with E-state index >= 15 is 0 Å². The standard InChI is InChI=1S/C60H78N4O11/c1-4-6-7-8-9-10-11-12-13-18-34-61-58(67)74-48-32-33-54-52(39-48)56-50(27-17-20-36-66)45(23-16-19-35-65)38-51-53(62-73-42-43-28-30-47(31-29-43)64(69)70)40-55(60(75-54,57(51)56)72-37-5-2)63(59(68)71-3)41-46-25-21-24-44-22-14-15-26-49(44)46/h5,14-15,21-22,24-26,28-33,38-39,45,50,55-57,65-66H,2,4,6-13,16-20,23,27,34-37,40-42H2,1,3H3,(H,61,67). The lowest BCUT2D eigenvalue weighted by Crippen LogP contribution is -2.70. The van der Waals surface area contributed by atoms with Crippen molar-refractivity contribution in [2.24, 2.45) is 22.9 Å². The SMILES string of the molecule is C=CCOC12Oc3ccc(OC(=O)NCCCCCCCCCCCC)cc3C3C(CCCCO)C(CCCCO)C=C(C(=NOCc4ccc([N+](=O)[O-])cc4)CC1N(Cc1cccc4ccccc14)C(=O)OC)C32. The number of oxime groups is 1. The zero-order valence-corrected chi connectivity index (χ0v) is 44.0. The molecule has 0 spiro atoms. The van der Waals surface area contributed by atoms with Crippen molar-refractivity contribution in [3.05, 3.63) is 136 Å². The molecular weight excluding hydrogens is 953 g/mol. The number of amides is 2. The third kappa shape index (κ3) is 14.4. The number of nitrogens with zero attached hydrogens (tertiary/aromatic N) is 3. The number of rotatable bonds is 30. The molecule has 1 heterocycles. The van der Waals surface area contributed by atoms with Crippen LogP contribution >= 0.6 is 0 Å². The lowest BCUT2D eigenvalue weighted by Gasteiger charge is -2.59. The zero-order valence-electron chi connectivity index (χ0n) is 44.0. The van der Waals surface area contributed by atoms with Gasteiger partial charge in [0.1, 0.15) is 24.1 Å². The van der Waals surface area contributed by atoms with Crippen LogP contribution in [0.1, 0.15) is 139 Å². The minimum atomic E-state index is -1.58. The molecule has 15 heteroatoms. The van der Waals surface area contributed by atoms with Gasteiger partial charge in [0.2, 0.25) is 5.79 Å². The molecule has 2 aliphatic carbocycles. The van der Waals surface area contributed by atoms with E-state index < -0.39 is 34.9 Å². The molecule has 0 aromatic heterocycles. The van der Waals surface area contributed by atoms with Crippen molar-refractivity contribution in [2.75, 3.05) is 33.5 Å². The van der Waals surface area contributed by atoms with Crippen molar-refractivity contribution < 1.29 is 48.5 Å². The van der Waals surface area contributed by atoms with Gasteiger partial charge in [0.15, 0.2) is 0 Å². The Morgan fingerprint density at radius 1 is 0.893 bits per heavy atom. The van der Waals surface area contributed by atoms with E-state index in [1.54, 1.807) is 29.2 Å². The Hall–Kier alpha value is -6.29. The number of unbranched alkanes of at least 4 members (excludes halogenated alkanes) is 11.